The predicted octanol–water partition coefficient (Wildman–Crippen LogP) is 3.78. The molecule has 4 rings (SSSR count). The van der Waals surface area contributed by atoms with E-state index in [1.165, 1.54) is 15.4 Å². The van der Waals surface area contributed by atoms with Crippen LogP contribution in [0.3, 0.4) is 0 Å². The zero-order chi connectivity index (χ0) is 17.8. The summed E-state index contributed by atoms with van der Waals surface area (Å²) in [4.78, 5) is 11.7. The van der Waals surface area contributed by atoms with Gasteiger partial charge in [0.2, 0.25) is 0 Å². The van der Waals surface area contributed by atoms with Gasteiger partial charge < -0.3 is 0 Å². The third-order valence-electron chi connectivity index (χ3n) is 6.02. The fourth-order valence-corrected chi connectivity index (χ4v) is 5.99. The number of nitrogens with zero attached hydrogens (tertiary/aromatic N) is 1. The Balaban J connectivity index is 1.60. The zero-order valence-corrected chi connectivity index (χ0v) is 14.8. The summed E-state index contributed by atoms with van der Waals surface area (Å²) in [7, 11) is 0. The van der Waals surface area contributed by atoms with Gasteiger partial charge in [-0.2, -0.15) is 13.2 Å². The van der Waals surface area contributed by atoms with Crippen molar-refractivity contribution < 1.29 is 18.0 Å². The van der Waals surface area contributed by atoms with Crippen molar-refractivity contribution in [1.29, 1.82) is 0 Å². The second kappa shape index (κ2) is 5.99. The van der Waals surface area contributed by atoms with E-state index in [2.05, 4.69) is 4.72 Å². The van der Waals surface area contributed by atoms with Crippen LogP contribution in [0.2, 0.25) is 0 Å². The number of Topliss-reactive ketones (excluding diaryl/α,β-unsaturated/α-hetero) is 1. The van der Waals surface area contributed by atoms with Crippen molar-refractivity contribution in [2.75, 3.05) is 13.1 Å². The molecule has 1 saturated heterocycles. The Morgan fingerprint density at radius 1 is 1.28 bits per heavy atom. The molecule has 3 aliphatic rings. The van der Waals surface area contributed by atoms with Gasteiger partial charge in [0.05, 0.1) is 0 Å². The molecule has 1 heterocycles. The molecule has 1 spiro atoms. The molecule has 0 aromatic heterocycles. The van der Waals surface area contributed by atoms with Crippen molar-refractivity contribution in [2.24, 2.45) is 11.8 Å². The molecule has 3 nitrogen and oxygen atoms in total. The third kappa shape index (κ3) is 3.11. The number of carbonyl (C=O) groups excluding carboxylic acids is 1. The molecule has 3 atom stereocenters. The molecule has 2 fully saturated rings. The van der Waals surface area contributed by atoms with Crippen LogP contribution in [-0.2, 0) is 12.8 Å². The number of rotatable bonds is 2. The normalized spacial score (nSPS) is 32.0. The summed E-state index contributed by atoms with van der Waals surface area (Å²) in [6, 6.07) is 5.90. The maximum Gasteiger partial charge on any atom is 0.402 e. The van der Waals surface area contributed by atoms with Gasteiger partial charge in [0, 0.05) is 29.8 Å². The standard InChI is InChI=1S/C18H21F3N2OS/c1-11(24)12-2-3-13-7-15-4-5-16(8-14(13)6-12)17(15)9-23(25-22-17)10-18(19,20)21/h2-3,6,15-16,22H,4-5,7-10H2,1H3/t15-,16+,17+/m0/s1. The highest BCUT2D eigenvalue weighted by Gasteiger charge is 2.56. The van der Waals surface area contributed by atoms with Crippen LogP contribution in [0.5, 0.6) is 0 Å². The van der Waals surface area contributed by atoms with Crippen LogP contribution in [0.4, 0.5) is 13.2 Å². The van der Waals surface area contributed by atoms with E-state index >= 15 is 0 Å². The van der Waals surface area contributed by atoms with E-state index in [0.717, 1.165) is 43.4 Å². The Morgan fingerprint density at radius 2 is 1.96 bits per heavy atom. The first-order valence-corrected chi connectivity index (χ1v) is 9.43. The molecule has 1 aromatic carbocycles. The van der Waals surface area contributed by atoms with E-state index in [1.807, 2.05) is 18.2 Å². The van der Waals surface area contributed by atoms with Crippen molar-refractivity contribution in [3.8, 4) is 0 Å². The van der Waals surface area contributed by atoms with Gasteiger partial charge in [-0.1, -0.05) is 12.1 Å². The lowest BCUT2D eigenvalue weighted by Crippen LogP contribution is -2.51. The summed E-state index contributed by atoms with van der Waals surface area (Å²) in [5.41, 5.74) is 2.90. The number of alkyl halides is 3. The van der Waals surface area contributed by atoms with E-state index in [0.29, 0.717) is 18.4 Å². The van der Waals surface area contributed by atoms with Crippen LogP contribution in [0.15, 0.2) is 18.2 Å². The van der Waals surface area contributed by atoms with Gasteiger partial charge in [-0.05, 0) is 61.6 Å². The highest BCUT2D eigenvalue weighted by Crippen LogP contribution is 2.51. The summed E-state index contributed by atoms with van der Waals surface area (Å²) in [6.45, 7) is 1.11. The molecular formula is C18H21F3N2OS. The summed E-state index contributed by atoms with van der Waals surface area (Å²) in [5, 5.41) is 0. The quantitative estimate of drug-likeness (QED) is 0.634. The van der Waals surface area contributed by atoms with E-state index in [1.54, 1.807) is 6.92 Å². The largest absolute Gasteiger partial charge is 0.402 e. The lowest BCUT2D eigenvalue weighted by molar-refractivity contribution is -0.135. The number of carbonyl (C=O) groups is 1. The highest BCUT2D eigenvalue weighted by molar-refractivity contribution is 7.95. The Hall–Kier alpha value is -1.05. The van der Waals surface area contributed by atoms with Crippen LogP contribution in [0, 0.1) is 11.8 Å². The Labute approximate surface area is 149 Å². The minimum atomic E-state index is -4.18. The lowest BCUT2D eigenvalue weighted by atomic mass is 9.79. The number of hydrogen-bond donors (Lipinski definition) is 1. The summed E-state index contributed by atoms with van der Waals surface area (Å²) in [5.74, 6) is 0.706. The molecule has 1 aromatic rings. The van der Waals surface area contributed by atoms with E-state index in [9.17, 15) is 18.0 Å². The number of fused-ring (bicyclic) bond motifs is 1. The minimum absolute atomic E-state index is 0.0535. The van der Waals surface area contributed by atoms with Crippen molar-refractivity contribution in [3.63, 3.8) is 0 Å². The van der Waals surface area contributed by atoms with Crippen LogP contribution >= 0.6 is 12.1 Å². The van der Waals surface area contributed by atoms with Crippen LogP contribution < -0.4 is 4.72 Å². The van der Waals surface area contributed by atoms with Gasteiger partial charge in [0.1, 0.15) is 6.54 Å². The number of halogens is 3. The van der Waals surface area contributed by atoms with Crippen LogP contribution in [0.1, 0.15) is 41.3 Å². The Kier molecular flexibility index (Phi) is 4.16. The second-order valence-electron chi connectivity index (χ2n) is 7.57. The molecule has 1 aliphatic heterocycles. The first-order chi connectivity index (χ1) is 11.8. The fraction of sp³-hybridized carbons (Fsp3) is 0.611. The van der Waals surface area contributed by atoms with Crippen molar-refractivity contribution in [3.05, 3.63) is 34.9 Å². The number of benzene rings is 1. The van der Waals surface area contributed by atoms with Crippen molar-refractivity contribution in [1.82, 2.24) is 9.03 Å². The molecule has 136 valence electrons. The molecule has 2 bridgehead atoms. The summed E-state index contributed by atoms with van der Waals surface area (Å²) in [6.07, 6.45) is -0.394. The molecule has 1 saturated carbocycles. The molecule has 0 unspecified atom stereocenters. The summed E-state index contributed by atoms with van der Waals surface area (Å²) >= 11 is 1.13. The topological polar surface area (TPSA) is 32.3 Å². The van der Waals surface area contributed by atoms with E-state index in [4.69, 9.17) is 0 Å². The second-order valence-corrected chi connectivity index (χ2v) is 8.47. The molecule has 25 heavy (non-hydrogen) atoms. The molecule has 0 amide bonds. The number of nitrogens with one attached hydrogen (secondary N) is 1. The molecular weight excluding hydrogens is 349 g/mol. The lowest BCUT2D eigenvalue weighted by Gasteiger charge is -2.34. The minimum Gasteiger partial charge on any atom is -0.295 e. The smallest absolute Gasteiger partial charge is 0.295 e. The fourth-order valence-electron chi connectivity index (χ4n) is 4.80. The molecule has 0 radical (unpaired) electrons. The monoisotopic (exact) mass is 370 g/mol. The van der Waals surface area contributed by atoms with Crippen LogP contribution in [-0.4, -0.2) is 34.9 Å². The number of hydrogen-bond acceptors (Lipinski definition) is 4. The third-order valence-corrected chi connectivity index (χ3v) is 7.01. The maximum absolute atomic E-state index is 12.8. The van der Waals surface area contributed by atoms with Gasteiger partial charge in [-0.25, -0.2) is 9.03 Å². The summed E-state index contributed by atoms with van der Waals surface area (Å²) < 4.78 is 43.1. The van der Waals surface area contributed by atoms with Gasteiger partial charge in [0.25, 0.3) is 0 Å². The van der Waals surface area contributed by atoms with Crippen molar-refractivity contribution in [2.45, 2.75) is 44.3 Å². The zero-order valence-electron chi connectivity index (χ0n) is 14.0. The Morgan fingerprint density at radius 3 is 2.60 bits per heavy atom. The Bertz CT molecular complexity index is 708. The SMILES string of the molecule is CC(=O)c1ccc2c(c1)C[C@H]1CC[C@@H](C2)[C@]12CN(CC(F)(F)F)SN2. The maximum atomic E-state index is 12.8. The predicted molar refractivity (Wildman–Crippen MR) is 91.2 cm³/mol. The van der Waals surface area contributed by atoms with Gasteiger partial charge in [-0.15, -0.1) is 0 Å². The van der Waals surface area contributed by atoms with Gasteiger partial charge in [0.15, 0.2) is 5.78 Å². The van der Waals surface area contributed by atoms with Gasteiger partial charge >= 0.3 is 6.18 Å². The molecule has 1 N–H and O–H groups in total. The molecule has 7 heteroatoms. The van der Waals surface area contributed by atoms with Gasteiger partial charge in [-0.3, -0.25) is 4.79 Å². The van der Waals surface area contributed by atoms with Crippen LogP contribution in [0.25, 0.3) is 0 Å². The molecule has 2 aliphatic carbocycles. The first-order valence-electron chi connectivity index (χ1n) is 8.65. The number of ketones is 1. The van der Waals surface area contributed by atoms with Crippen molar-refractivity contribution >= 4 is 17.9 Å². The van der Waals surface area contributed by atoms with E-state index in [-0.39, 0.29) is 11.3 Å². The average molecular weight is 370 g/mol. The van der Waals surface area contributed by atoms with E-state index < -0.39 is 12.7 Å². The first kappa shape index (κ1) is 17.4. The highest BCUT2D eigenvalue weighted by atomic mass is 32.2. The average Bonchev–Trinajstić information content (AvgIpc) is 3.00.